The molecule has 0 aliphatic carbocycles. The zero-order chi connectivity index (χ0) is 17.5. The molecule has 0 saturated carbocycles. The van der Waals surface area contributed by atoms with E-state index in [9.17, 15) is 9.59 Å². The van der Waals surface area contributed by atoms with Crippen molar-refractivity contribution in [3.8, 4) is 0 Å². The summed E-state index contributed by atoms with van der Waals surface area (Å²) in [7, 11) is 1.73. The largest absolute Gasteiger partial charge is 0.355 e. The molecule has 2 heterocycles. The van der Waals surface area contributed by atoms with E-state index in [2.05, 4.69) is 29.2 Å². The summed E-state index contributed by atoms with van der Waals surface area (Å²) in [5.41, 5.74) is 0.287. The maximum Gasteiger partial charge on any atom is 0.264 e. The van der Waals surface area contributed by atoms with Gasteiger partial charge in [-0.1, -0.05) is 39.5 Å². The van der Waals surface area contributed by atoms with Crippen LogP contribution < -0.4 is 10.9 Å². The second-order valence-corrected chi connectivity index (χ2v) is 6.63. The average molecular weight is 333 g/mol. The Hall–Kier alpha value is -2.18. The number of fused-ring (bicyclic) bond motifs is 1. The van der Waals surface area contributed by atoms with Crippen LogP contribution in [0.25, 0.3) is 11.0 Å². The van der Waals surface area contributed by atoms with Crippen molar-refractivity contribution in [2.24, 2.45) is 13.0 Å². The summed E-state index contributed by atoms with van der Waals surface area (Å²) in [6.07, 6.45) is 8.69. The third-order valence-electron chi connectivity index (χ3n) is 4.06. The molecule has 7 heteroatoms. The normalized spacial score (nSPS) is 11.3. The Kier molecular flexibility index (Phi) is 6.52. The molecule has 0 spiro atoms. The quantitative estimate of drug-likeness (QED) is 0.710. The zero-order valence-electron chi connectivity index (χ0n) is 14.8. The Morgan fingerprint density at radius 1 is 1.25 bits per heavy atom. The second-order valence-electron chi connectivity index (χ2n) is 6.63. The fraction of sp³-hybridized carbons (Fsp3) is 0.647. The Morgan fingerprint density at radius 2 is 2.00 bits per heavy atom. The van der Waals surface area contributed by atoms with E-state index in [-0.39, 0.29) is 18.0 Å². The number of amides is 1. The van der Waals surface area contributed by atoms with E-state index < -0.39 is 0 Å². The smallest absolute Gasteiger partial charge is 0.264 e. The van der Waals surface area contributed by atoms with Crippen molar-refractivity contribution >= 4 is 16.9 Å². The van der Waals surface area contributed by atoms with Crippen molar-refractivity contribution in [3.05, 3.63) is 22.9 Å². The predicted octanol–water partition coefficient (Wildman–Crippen LogP) is 1.85. The number of nitrogens with zero attached hydrogens (tertiary/aromatic N) is 4. The number of carbonyl (C=O) groups is 1. The number of aryl methyl sites for hydroxylation is 1. The van der Waals surface area contributed by atoms with E-state index in [4.69, 9.17) is 0 Å². The van der Waals surface area contributed by atoms with Crippen molar-refractivity contribution in [1.82, 2.24) is 24.6 Å². The third-order valence-corrected chi connectivity index (χ3v) is 4.06. The van der Waals surface area contributed by atoms with Crippen LogP contribution in [0.3, 0.4) is 0 Å². The van der Waals surface area contributed by atoms with Gasteiger partial charge in [-0.15, -0.1) is 0 Å². The lowest BCUT2D eigenvalue weighted by molar-refractivity contribution is -0.121. The average Bonchev–Trinajstić information content (AvgIpc) is 2.91. The Labute approximate surface area is 142 Å². The summed E-state index contributed by atoms with van der Waals surface area (Å²) in [5, 5.41) is 7.31. The van der Waals surface area contributed by atoms with Gasteiger partial charge in [-0.3, -0.25) is 18.8 Å². The van der Waals surface area contributed by atoms with Crippen LogP contribution in [0.4, 0.5) is 0 Å². The van der Waals surface area contributed by atoms with Crippen LogP contribution in [0.5, 0.6) is 0 Å². The highest BCUT2D eigenvalue weighted by atomic mass is 16.2. The van der Waals surface area contributed by atoms with Gasteiger partial charge in [0.15, 0.2) is 5.65 Å². The molecular weight excluding hydrogens is 306 g/mol. The van der Waals surface area contributed by atoms with Crippen LogP contribution in [-0.4, -0.2) is 31.8 Å². The molecular formula is C17H27N5O2. The minimum atomic E-state index is -0.239. The fourth-order valence-corrected chi connectivity index (χ4v) is 2.65. The Morgan fingerprint density at radius 3 is 2.75 bits per heavy atom. The fourth-order valence-electron chi connectivity index (χ4n) is 2.65. The first-order valence-corrected chi connectivity index (χ1v) is 8.63. The highest BCUT2D eigenvalue weighted by Crippen LogP contribution is 2.09. The van der Waals surface area contributed by atoms with Crippen molar-refractivity contribution in [2.45, 2.75) is 52.5 Å². The van der Waals surface area contributed by atoms with Gasteiger partial charge >= 0.3 is 0 Å². The minimum absolute atomic E-state index is 0.00990. The van der Waals surface area contributed by atoms with Crippen LogP contribution in [0.2, 0.25) is 0 Å². The maximum absolute atomic E-state index is 12.3. The molecule has 0 fully saturated rings. The molecule has 2 rings (SSSR count). The minimum Gasteiger partial charge on any atom is -0.355 e. The van der Waals surface area contributed by atoms with Gasteiger partial charge in [0.1, 0.15) is 18.3 Å². The monoisotopic (exact) mass is 333 g/mol. The van der Waals surface area contributed by atoms with E-state index in [0.29, 0.717) is 17.6 Å². The molecule has 2 aromatic heterocycles. The van der Waals surface area contributed by atoms with Crippen LogP contribution in [0, 0.1) is 5.92 Å². The molecule has 1 amide bonds. The van der Waals surface area contributed by atoms with Crippen molar-refractivity contribution < 1.29 is 4.79 Å². The molecule has 132 valence electrons. The van der Waals surface area contributed by atoms with Crippen LogP contribution >= 0.6 is 0 Å². The summed E-state index contributed by atoms with van der Waals surface area (Å²) in [4.78, 5) is 28.4. The Bertz CT molecular complexity index is 732. The Balaban J connectivity index is 1.75. The first-order chi connectivity index (χ1) is 11.5. The van der Waals surface area contributed by atoms with E-state index in [1.54, 1.807) is 11.7 Å². The third kappa shape index (κ3) is 4.91. The van der Waals surface area contributed by atoms with Gasteiger partial charge in [-0.05, 0) is 12.3 Å². The maximum atomic E-state index is 12.3. The molecule has 1 N–H and O–H groups in total. The first-order valence-electron chi connectivity index (χ1n) is 8.63. The molecule has 7 nitrogen and oxygen atoms in total. The van der Waals surface area contributed by atoms with Gasteiger partial charge < -0.3 is 5.32 Å². The van der Waals surface area contributed by atoms with Crippen molar-refractivity contribution in [3.63, 3.8) is 0 Å². The van der Waals surface area contributed by atoms with E-state index in [0.717, 1.165) is 18.8 Å². The molecule has 24 heavy (non-hydrogen) atoms. The number of nitrogens with one attached hydrogen (secondary N) is 1. The molecule has 0 aromatic carbocycles. The highest BCUT2D eigenvalue weighted by Gasteiger charge is 2.10. The lowest BCUT2D eigenvalue weighted by atomic mass is 10.0. The molecule has 0 saturated heterocycles. The first kappa shape index (κ1) is 18.2. The summed E-state index contributed by atoms with van der Waals surface area (Å²) >= 11 is 0. The van der Waals surface area contributed by atoms with Crippen LogP contribution in [0.1, 0.15) is 46.0 Å². The topological polar surface area (TPSA) is 81.8 Å². The molecule has 0 aliphatic heterocycles. The highest BCUT2D eigenvalue weighted by molar-refractivity contribution is 5.77. The number of hydrogen-bond donors (Lipinski definition) is 1. The summed E-state index contributed by atoms with van der Waals surface area (Å²) < 4.78 is 2.86. The lowest BCUT2D eigenvalue weighted by Crippen LogP contribution is -2.32. The SMILES string of the molecule is CC(C)CCCCCCNC(=O)Cn1cnc2c(cnn2C)c1=O. The zero-order valence-corrected chi connectivity index (χ0v) is 14.8. The molecule has 0 unspecified atom stereocenters. The molecule has 0 aliphatic rings. The predicted molar refractivity (Wildman–Crippen MR) is 93.7 cm³/mol. The van der Waals surface area contributed by atoms with Crippen LogP contribution in [-0.2, 0) is 18.4 Å². The van der Waals surface area contributed by atoms with Gasteiger partial charge in [-0.2, -0.15) is 5.10 Å². The van der Waals surface area contributed by atoms with Crippen molar-refractivity contribution in [2.75, 3.05) is 6.54 Å². The number of hydrogen-bond acceptors (Lipinski definition) is 4. The number of carbonyl (C=O) groups excluding carboxylic acids is 1. The van der Waals surface area contributed by atoms with E-state index in [1.807, 2.05) is 0 Å². The molecule has 0 bridgehead atoms. The molecule has 2 aromatic rings. The number of aromatic nitrogens is 4. The van der Waals surface area contributed by atoms with Gasteiger partial charge in [0, 0.05) is 13.6 Å². The van der Waals surface area contributed by atoms with Crippen LogP contribution in [0.15, 0.2) is 17.3 Å². The molecule has 0 atom stereocenters. The number of unbranched alkanes of at least 4 members (excludes halogenated alkanes) is 3. The van der Waals surface area contributed by atoms with Gasteiger partial charge in [0.25, 0.3) is 5.56 Å². The van der Waals surface area contributed by atoms with Crippen molar-refractivity contribution in [1.29, 1.82) is 0 Å². The van der Waals surface area contributed by atoms with Gasteiger partial charge in [0.2, 0.25) is 5.91 Å². The van der Waals surface area contributed by atoms with Gasteiger partial charge in [0.05, 0.1) is 6.20 Å². The number of rotatable bonds is 9. The second kappa shape index (κ2) is 8.61. The molecule has 0 radical (unpaired) electrons. The summed E-state index contributed by atoms with van der Waals surface area (Å²) in [5.74, 6) is 0.595. The summed E-state index contributed by atoms with van der Waals surface area (Å²) in [6.45, 7) is 5.11. The van der Waals surface area contributed by atoms with E-state index in [1.165, 1.54) is 36.4 Å². The van der Waals surface area contributed by atoms with E-state index >= 15 is 0 Å². The standard InChI is InChI=1S/C17H27N5O2/c1-13(2)8-6-4-5-7-9-18-15(23)11-22-12-19-16-14(17(22)24)10-20-21(16)3/h10,12-13H,4-9,11H2,1-3H3,(H,18,23). The summed E-state index contributed by atoms with van der Waals surface area (Å²) in [6, 6.07) is 0. The lowest BCUT2D eigenvalue weighted by Gasteiger charge is -2.08. The van der Waals surface area contributed by atoms with Gasteiger partial charge in [-0.25, -0.2) is 4.98 Å².